The summed E-state index contributed by atoms with van der Waals surface area (Å²) in [5.41, 5.74) is 2.33. The van der Waals surface area contributed by atoms with Gasteiger partial charge in [0, 0.05) is 13.1 Å². The lowest BCUT2D eigenvalue weighted by molar-refractivity contribution is -0.122. The van der Waals surface area contributed by atoms with Crippen LogP contribution >= 0.6 is 11.3 Å². The molecule has 17 heavy (non-hydrogen) atoms. The summed E-state index contributed by atoms with van der Waals surface area (Å²) in [6.07, 6.45) is 0. The lowest BCUT2D eigenvalue weighted by Crippen LogP contribution is -2.40. The molecule has 0 aliphatic carbocycles. The minimum Gasteiger partial charge on any atom is -0.352 e. The molecule has 5 nitrogen and oxygen atoms in total. The SMILES string of the molecule is Cc1ncsc1C(=O)N(C)CC(=O)NC(C)C. The second-order valence-corrected chi connectivity index (χ2v) is 5.01. The van der Waals surface area contributed by atoms with Gasteiger partial charge in [0.1, 0.15) is 4.88 Å². The Hall–Kier alpha value is -1.43. The van der Waals surface area contributed by atoms with Crippen LogP contribution in [0.1, 0.15) is 29.2 Å². The molecule has 1 rings (SSSR count). The number of thiazole rings is 1. The van der Waals surface area contributed by atoms with Crippen LogP contribution in [-0.2, 0) is 4.79 Å². The highest BCUT2D eigenvalue weighted by molar-refractivity contribution is 7.11. The zero-order valence-electron chi connectivity index (χ0n) is 10.5. The average molecular weight is 255 g/mol. The number of likely N-dealkylation sites (N-methyl/N-ethyl adjacent to an activating group) is 1. The molecule has 6 heteroatoms. The number of aryl methyl sites for hydroxylation is 1. The highest BCUT2D eigenvalue weighted by Crippen LogP contribution is 2.14. The van der Waals surface area contributed by atoms with E-state index in [0.29, 0.717) is 10.6 Å². The molecule has 94 valence electrons. The van der Waals surface area contributed by atoms with Gasteiger partial charge in [-0.2, -0.15) is 0 Å². The van der Waals surface area contributed by atoms with E-state index >= 15 is 0 Å². The Morgan fingerprint density at radius 2 is 2.18 bits per heavy atom. The quantitative estimate of drug-likeness (QED) is 0.874. The third-order valence-corrected chi connectivity index (χ3v) is 3.03. The van der Waals surface area contributed by atoms with E-state index in [1.807, 2.05) is 13.8 Å². The van der Waals surface area contributed by atoms with Crippen molar-refractivity contribution in [3.63, 3.8) is 0 Å². The monoisotopic (exact) mass is 255 g/mol. The summed E-state index contributed by atoms with van der Waals surface area (Å²) in [6, 6.07) is 0.0798. The zero-order chi connectivity index (χ0) is 13.0. The van der Waals surface area contributed by atoms with Crippen LogP contribution in [-0.4, -0.2) is 41.3 Å². The number of rotatable bonds is 4. The van der Waals surface area contributed by atoms with Gasteiger partial charge in [-0.25, -0.2) is 4.98 Å². The van der Waals surface area contributed by atoms with Crippen LogP contribution in [0.3, 0.4) is 0 Å². The molecule has 0 saturated carbocycles. The van der Waals surface area contributed by atoms with Crippen LogP contribution in [0.2, 0.25) is 0 Å². The maximum Gasteiger partial charge on any atom is 0.266 e. The van der Waals surface area contributed by atoms with E-state index in [1.165, 1.54) is 16.2 Å². The summed E-state index contributed by atoms with van der Waals surface area (Å²) in [7, 11) is 1.61. The first-order chi connectivity index (χ1) is 7.91. The van der Waals surface area contributed by atoms with E-state index < -0.39 is 0 Å². The van der Waals surface area contributed by atoms with Crippen LogP contribution in [0, 0.1) is 6.92 Å². The Balaban J connectivity index is 2.59. The third kappa shape index (κ3) is 3.81. The van der Waals surface area contributed by atoms with Gasteiger partial charge in [0.2, 0.25) is 5.91 Å². The molecule has 0 bridgehead atoms. The number of nitrogens with one attached hydrogen (secondary N) is 1. The van der Waals surface area contributed by atoms with E-state index in [4.69, 9.17) is 0 Å². The molecule has 1 heterocycles. The van der Waals surface area contributed by atoms with Gasteiger partial charge >= 0.3 is 0 Å². The van der Waals surface area contributed by atoms with Crippen molar-refractivity contribution in [2.24, 2.45) is 0 Å². The van der Waals surface area contributed by atoms with Crippen LogP contribution < -0.4 is 5.32 Å². The Morgan fingerprint density at radius 3 is 2.65 bits per heavy atom. The highest BCUT2D eigenvalue weighted by Gasteiger charge is 2.18. The van der Waals surface area contributed by atoms with Crippen LogP contribution in [0.5, 0.6) is 0 Å². The normalized spacial score (nSPS) is 10.4. The first-order valence-corrected chi connectivity index (χ1v) is 6.24. The minimum atomic E-state index is -0.163. The Labute approximate surface area is 105 Å². The molecule has 0 unspecified atom stereocenters. The fourth-order valence-electron chi connectivity index (χ4n) is 1.34. The number of hydrogen-bond donors (Lipinski definition) is 1. The second kappa shape index (κ2) is 5.77. The van der Waals surface area contributed by atoms with E-state index in [-0.39, 0.29) is 24.4 Å². The molecule has 0 aliphatic heterocycles. The average Bonchev–Trinajstić information content (AvgIpc) is 2.61. The van der Waals surface area contributed by atoms with Gasteiger partial charge in [0.05, 0.1) is 17.7 Å². The van der Waals surface area contributed by atoms with Crippen molar-refractivity contribution in [3.05, 3.63) is 16.1 Å². The number of aromatic nitrogens is 1. The van der Waals surface area contributed by atoms with Gasteiger partial charge in [-0.1, -0.05) is 0 Å². The molecule has 0 radical (unpaired) electrons. The van der Waals surface area contributed by atoms with Gasteiger partial charge < -0.3 is 10.2 Å². The van der Waals surface area contributed by atoms with Crippen molar-refractivity contribution in [3.8, 4) is 0 Å². The molecule has 1 N–H and O–H groups in total. The smallest absolute Gasteiger partial charge is 0.266 e. The molecule has 1 aromatic heterocycles. The van der Waals surface area contributed by atoms with Gasteiger partial charge in [-0.05, 0) is 20.8 Å². The molecule has 0 aromatic carbocycles. The van der Waals surface area contributed by atoms with E-state index in [1.54, 1.807) is 19.5 Å². The maximum atomic E-state index is 12.0. The summed E-state index contributed by atoms with van der Waals surface area (Å²) in [6.45, 7) is 5.61. The third-order valence-electron chi connectivity index (χ3n) is 2.12. The molecule has 0 fully saturated rings. The van der Waals surface area contributed by atoms with Crippen molar-refractivity contribution in [1.82, 2.24) is 15.2 Å². The molecule has 2 amide bonds. The highest BCUT2D eigenvalue weighted by atomic mass is 32.1. The van der Waals surface area contributed by atoms with Gasteiger partial charge in [0.15, 0.2) is 0 Å². The maximum absolute atomic E-state index is 12.0. The van der Waals surface area contributed by atoms with Crippen molar-refractivity contribution >= 4 is 23.2 Å². The van der Waals surface area contributed by atoms with Gasteiger partial charge in [0.25, 0.3) is 5.91 Å². The Bertz CT molecular complexity index is 415. The van der Waals surface area contributed by atoms with Crippen molar-refractivity contribution < 1.29 is 9.59 Å². The van der Waals surface area contributed by atoms with Crippen molar-refractivity contribution in [2.45, 2.75) is 26.8 Å². The Kier molecular flexibility index (Phi) is 4.62. The standard InChI is InChI=1S/C11H17N3O2S/c1-7(2)13-9(15)5-14(4)11(16)10-8(3)12-6-17-10/h6-7H,5H2,1-4H3,(H,13,15). The molecule has 0 spiro atoms. The van der Waals surface area contributed by atoms with Crippen molar-refractivity contribution in [1.29, 1.82) is 0 Å². The minimum absolute atomic E-state index is 0.0638. The zero-order valence-corrected chi connectivity index (χ0v) is 11.3. The van der Waals surface area contributed by atoms with Crippen LogP contribution in [0.25, 0.3) is 0 Å². The number of hydrogen-bond acceptors (Lipinski definition) is 4. The fraction of sp³-hybridized carbons (Fsp3) is 0.545. The lowest BCUT2D eigenvalue weighted by atomic mass is 10.3. The van der Waals surface area contributed by atoms with Gasteiger partial charge in [-0.3, -0.25) is 9.59 Å². The van der Waals surface area contributed by atoms with E-state index in [0.717, 1.165) is 0 Å². The van der Waals surface area contributed by atoms with Crippen LogP contribution in [0.4, 0.5) is 0 Å². The summed E-state index contributed by atoms with van der Waals surface area (Å²) in [4.78, 5) is 29.5. The largest absolute Gasteiger partial charge is 0.352 e. The summed E-state index contributed by atoms with van der Waals surface area (Å²) >= 11 is 1.29. The number of nitrogens with zero attached hydrogens (tertiary/aromatic N) is 2. The molecular formula is C11H17N3O2S. The number of carbonyl (C=O) groups is 2. The van der Waals surface area contributed by atoms with E-state index in [9.17, 15) is 9.59 Å². The van der Waals surface area contributed by atoms with Crippen LogP contribution in [0.15, 0.2) is 5.51 Å². The molecule has 0 aliphatic rings. The lowest BCUT2D eigenvalue weighted by Gasteiger charge is -2.17. The van der Waals surface area contributed by atoms with Crippen molar-refractivity contribution in [2.75, 3.05) is 13.6 Å². The van der Waals surface area contributed by atoms with Gasteiger partial charge in [-0.15, -0.1) is 11.3 Å². The number of carbonyl (C=O) groups excluding carboxylic acids is 2. The predicted octanol–water partition coefficient (Wildman–Crippen LogP) is 1.05. The molecule has 0 atom stereocenters. The Morgan fingerprint density at radius 1 is 1.53 bits per heavy atom. The molecular weight excluding hydrogens is 238 g/mol. The second-order valence-electron chi connectivity index (χ2n) is 4.15. The molecule has 1 aromatic rings. The molecule has 0 saturated heterocycles. The first kappa shape index (κ1) is 13.6. The topological polar surface area (TPSA) is 62.3 Å². The fourth-order valence-corrected chi connectivity index (χ4v) is 2.13. The predicted molar refractivity (Wildman–Crippen MR) is 67.1 cm³/mol. The van der Waals surface area contributed by atoms with E-state index in [2.05, 4.69) is 10.3 Å². The summed E-state index contributed by atoms with van der Waals surface area (Å²) in [5, 5.41) is 2.74. The summed E-state index contributed by atoms with van der Waals surface area (Å²) < 4.78 is 0. The summed E-state index contributed by atoms with van der Waals surface area (Å²) in [5.74, 6) is -0.318. The number of amides is 2. The first-order valence-electron chi connectivity index (χ1n) is 5.36.